The molecule has 4 N–H and O–H groups in total. The molecule has 0 heterocycles. The number of amides is 2. The highest BCUT2D eigenvalue weighted by atomic mass is 16.5. The second-order valence-corrected chi connectivity index (χ2v) is 5.26. The summed E-state index contributed by atoms with van der Waals surface area (Å²) in [4.78, 5) is 35.0. The van der Waals surface area contributed by atoms with Crippen LogP contribution < -0.4 is 16.4 Å². The summed E-state index contributed by atoms with van der Waals surface area (Å²) in [7, 11) is 1.51. The Morgan fingerprint density at radius 3 is 2.33 bits per heavy atom. The van der Waals surface area contributed by atoms with Gasteiger partial charge in [0.25, 0.3) is 0 Å². The number of hydrogen-bond donors (Lipinski definition) is 3. The number of ether oxygens (including phenoxy) is 1. The van der Waals surface area contributed by atoms with Crippen LogP contribution in [-0.2, 0) is 19.1 Å². The Kier molecular flexibility index (Phi) is 9.36. The van der Waals surface area contributed by atoms with Crippen LogP contribution in [0.4, 0.5) is 0 Å². The molecular weight excluding hydrogens is 274 g/mol. The van der Waals surface area contributed by atoms with Crippen molar-refractivity contribution >= 4 is 17.8 Å². The molecule has 122 valence electrons. The lowest BCUT2D eigenvalue weighted by molar-refractivity contribution is -0.147. The Labute approximate surface area is 126 Å². The SMILES string of the molecule is CCOC(=O)[C@H](CCC(=O)NC)NC(=O)C(N)CC(C)C. The van der Waals surface area contributed by atoms with Crippen molar-refractivity contribution in [1.29, 1.82) is 0 Å². The van der Waals surface area contributed by atoms with Crippen molar-refractivity contribution in [3.05, 3.63) is 0 Å². The van der Waals surface area contributed by atoms with Crippen molar-refractivity contribution in [2.24, 2.45) is 11.7 Å². The summed E-state index contributed by atoms with van der Waals surface area (Å²) in [5, 5.41) is 5.03. The first-order valence-electron chi connectivity index (χ1n) is 7.24. The monoisotopic (exact) mass is 301 g/mol. The second-order valence-electron chi connectivity index (χ2n) is 5.26. The Morgan fingerprint density at radius 2 is 1.86 bits per heavy atom. The van der Waals surface area contributed by atoms with Crippen LogP contribution in [0.3, 0.4) is 0 Å². The number of carbonyl (C=O) groups excluding carboxylic acids is 3. The summed E-state index contributed by atoms with van der Waals surface area (Å²) in [5.74, 6) is -0.882. The minimum Gasteiger partial charge on any atom is -0.464 e. The fraction of sp³-hybridized carbons (Fsp3) is 0.786. The predicted molar refractivity (Wildman–Crippen MR) is 79.3 cm³/mol. The number of carbonyl (C=O) groups is 3. The van der Waals surface area contributed by atoms with Gasteiger partial charge in [-0.1, -0.05) is 13.8 Å². The van der Waals surface area contributed by atoms with Crippen molar-refractivity contribution in [2.45, 2.75) is 52.1 Å². The van der Waals surface area contributed by atoms with Gasteiger partial charge in [-0.3, -0.25) is 9.59 Å². The van der Waals surface area contributed by atoms with Gasteiger partial charge in [0.05, 0.1) is 12.6 Å². The first-order valence-corrected chi connectivity index (χ1v) is 7.24. The van der Waals surface area contributed by atoms with Crippen molar-refractivity contribution in [1.82, 2.24) is 10.6 Å². The van der Waals surface area contributed by atoms with Crippen LogP contribution in [-0.4, -0.2) is 43.5 Å². The normalized spacial score (nSPS) is 13.4. The summed E-state index contributed by atoms with van der Waals surface area (Å²) < 4.78 is 4.91. The van der Waals surface area contributed by atoms with Gasteiger partial charge >= 0.3 is 5.97 Å². The maximum atomic E-state index is 12.0. The molecule has 0 aliphatic carbocycles. The smallest absolute Gasteiger partial charge is 0.328 e. The second kappa shape index (κ2) is 10.1. The molecule has 7 heteroatoms. The number of esters is 1. The summed E-state index contributed by atoms with van der Waals surface area (Å²) in [6.45, 7) is 5.81. The van der Waals surface area contributed by atoms with Crippen molar-refractivity contribution in [3.8, 4) is 0 Å². The molecule has 0 saturated carbocycles. The minimum atomic E-state index is -0.854. The van der Waals surface area contributed by atoms with Gasteiger partial charge in [0.2, 0.25) is 11.8 Å². The quantitative estimate of drug-likeness (QED) is 0.516. The van der Waals surface area contributed by atoms with Gasteiger partial charge in [-0.15, -0.1) is 0 Å². The van der Waals surface area contributed by atoms with Crippen LogP contribution in [0, 0.1) is 5.92 Å². The van der Waals surface area contributed by atoms with Gasteiger partial charge in [0.1, 0.15) is 6.04 Å². The van der Waals surface area contributed by atoms with E-state index in [1.165, 1.54) is 7.05 Å². The lowest BCUT2D eigenvalue weighted by Gasteiger charge is -2.20. The van der Waals surface area contributed by atoms with Gasteiger partial charge in [-0.2, -0.15) is 0 Å². The first-order chi connectivity index (χ1) is 9.81. The molecule has 0 fully saturated rings. The zero-order valence-corrected chi connectivity index (χ0v) is 13.3. The van der Waals surface area contributed by atoms with Gasteiger partial charge in [0, 0.05) is 13.5 Å². The lowest BCUT2D eigenvalue weighted by atomic mass is 10.0. The van der Waals surface area contributed by atoms with E-state index in [-0.39, 0.29) is 31.3 Å². The molecule has 21 heavy (non-hydrogen) atoms. The highest BCUT2D eigenvalue weighted by molar-refractivity contribution is 5.87. The summed E-state index contributed by atoms with van der Waals surface area (Å²) in [5.41, 5.74) is 5.78. The Morgan fingerprint density at radius 1 is 1.24 bits per heavy atom. The summed E-state index contributed by atoms with van der Waals surface area (Å²) >= 11 is 0. The number of rotatable bonds is 9. The van der Waals surface area contributed by atoms with Crippen LogP contribution in [0.25, 0.3) is 0 Å². The van der Waals surface area contributed by atoms with Crippen LogP contribution in [0.1, 0.15) is 40.0 Å². The fourth-order valence-corrected chi connectivity index (χ4v) is 1.79. The third-order valence-corrected chi connectivity index (χ3v) is 2.89. The molecule has 0 rings (SSSR count). The molecule has 1 unspecified atom stereocenters. The van der Waals surface area contributed by atoms with Crippen molar-refractivity contribution in [3.63, 3.8) is 0 Å². The third kappa shape index (κ3) is 8.29. The molecule has 0 saturated heterocycles. The average molecular weight is 301 g/mol. The number of nitrogens with two attached hydrogens (primary N) is 1. The van der Waals surface area contributed by atoms with Crippen LogP contribution in [0.15, 0.2) is 0 Å². The fourth-order valence-electron chi connectivity index (χ4n) is 1.79. The molecule has 0 aliphatic heterocycles. The Hall–Kier alpha value is -1.63. The molecule has 0 bridgehead atoms. The van der Waals surface area contributed by atoms with Crippen LogP contribution in [0.5, 0.6) is 0 Å². The zero-order valence-electron chi connectivity index (χ0n) is 13.3. The Balaban J connectivity index is 4.61. The molecule has 7 nitrogen and oxygen atoms in total. The van der Waals surface area contributed by atoms with E-state index in [0.29, 0.717) is 6.42 Å². The van der Waals surface area contributed by atoms with Crippen molar-refractivity contribution < 1.29 is 19.1 Å². The number of nitrogens with one attached hydrogen (secondary N) is 2. The van der Waals surface area contributed by atoms with E-state index in [9.17, 15) is 14.4 Å². The standard InChI is InChI=1S/C14H27N3O4/c1-5-21-14(20)11(6-7-12(18)16-4)17-13(19)10(15)8-9(2)3/h9-11H,5-8,15H2,1-4H3,(H,16,18)(H,17,19)/t10?,11-/m0/s1. The maximum Gasteiger partial charge on any atom is 0.328 e. The summed E-state index contributed by atoms with van der Waals surface area (Å²) in [6.07, 6.45) is 0.829. The molecule has 2 atom stereocenters. The van der Waals surface area contributed by atoms with Gasteiger partial charge in [0.15, 0.2) is 0 Å². The maximum absolute atomic E-state index is 12.0. The van der Waals surface area contributed by atoms with Crippen molar-refractivity contribution in [2.75, 3.05) is 13.7 Å². The number of hydrogen-bond acceptors (Lipinski definition) is 5. The van der Waals surface area contributed by atoms with E-state index < -0.39 is 24.0 Å². The topological polar surface area (TPSA) is 111 Å². The van der Waals surface area contributed by atoms with E-state index in [1.54, 1.807) is 6.92 Å². The summed E-state index contributed by atoms with van der Waals surface area (Å²) in [6, 6.07) is -1.53. The molecule has 0 radical (unpaired) electrons. The Bertz CT molecular complexity index is 358. The molecule has 0 aromatic carbocycles. The van der Waals surface area contributed by atoms with E-state index in [0.717, 1.165) is 0 Å². The molecule has 2 amide bonds. The minimum absolute atomic E-state index is 0.125. The van der Waals surface area contributed by atoms with E-state index >= 15 is 0 Å². The highest BCUT2D eigenvalue weighted by Crippen LogP contribution is 2.05. The van der Waals surface area contributed by atoms with Gasteiger partial charge < -0.3 is 21.1 Å². The largest absolute Gasteiger partial charge is 0.464 e. The molecule has 0 aromatic rings. The molecule has 0 aliphatic rings. The van der Waals surface area contributed by atoms with Crippen LogP contribution >= 0.6 is 0 Å². The van der Waals surface area contributed by atoms with Gasteiger partial charge in [-0.05, 0) is 25.7 Å². The van der Waals surface area contributed by atoms with E-state index in [4.69, 9.17) is 10.5 Å². The lowest BCUT2D eigenvalue weighted by Crippen LogP contribution is -2.49. The molecule has 0 aromatic heterocycles. The van der Waals surface area contributed by atoms with E-state index in [1.807, 2.05) is 13.8 Å². The highest BCUT2D eigenvalue weighted by Gasteiger charge is 2.25. The van der Waals surface area contributed by atoms with Crippen LogP contribution in [0.2, 0.25) is 0 Å². The predicted octanol–water partition coefficient (Wildman–Crippen LogP) is -0.0661. The average Bonchev–Trinajstić information content (AvgIpc) is 2.41. The van der Waals surface area contributed by atoms with Gasteiger partial charge in [-0.25, -0.2) is 4.79 Å². The molecular formula is C14H27N3O4. The van der Waals surface area contributed by atoms with E-state index in [2.05, 4.69) is 10.6 Å². The zero-order chi connectivity index (χ0) is 16.4. The third-order valence-electron chi connectivity index (χ3n) is 2.89. The first kappa shape index (κ1) is 19.4. The molecule has 0 spiro atoms.